The Balaban J connectivity index is 1.54. The Morgan fingerprint density at radius 2 is 2.03 bits per heavy atom. The van der Waals surface area contributed by atoms with Crippen molar-refractivity contribution in [3.05, 3.63) is 82.7 Å². The van der Waals surface area contributed by atoms with E-state index in [1.807, 2.05) is 28.9 Å². The Labute approximate surface area is 177 Å². The molecule has 4 rings (SSSR count). The lowest BCUT2D eigenvalue weighted by molar-refractivity contribution is -0.137. The second kappa shape index (κ2) is 8.45. The lowest BCUT2D eigenvalue weighted by Gasteiger charge is -2.24. The van der Waals surface area contributed by atoms with Crippen molar-refractivity contribution in [2.75, 3.05) is 7.11 Å². The number of para-hydroxylation sites is 1. The van der Waals surface area contributed by atoms with Gasteiger partial charge in [-0.05, 0) is 43.5 Å². The molecule has 1 N–H and O–H groups in total. The van der Waals surface area contributed by atoms with Gasteiger partial charge in [-0.2, -0.15) is 18.3 Å². The van der Waals surface area contributed by atoms with E-state index in [1.54, 1.807) is 13.3 Å². The molecule has 8 heteroatoms. The van der Waals surface area contributed by atoms with E-state index >= 15 is 0 Å². The number of alkyl halides is 3. The number of amides is 1. The minimum Gasteiger partial charge on any atom is -0.496 e. The number of hydrogen-bond donors (Lipinski definition) is 1. The molecule has 0 saturated heterocycles. The van der Waals surface area contributed by atoms with Crippen LogP contribution in [0.4, 0.5) is 13.2 Å². The molecule has 5 nitrogen and oxygen atoms in total. The lowest BCUT2D eigenvalue weighted by Crippen LogP contribution is -2.31. The first-order valence-electron chi connectivity index (χ1n) is 10.0. The van der Waals surface area contributed by atoms with Crippen LogP contribution in [0.3, 0.4) is 0 Å². The molecule has 1 amide bonds. The van der Waals surface area contributed by atoms with Crippen LogP contribution >= 0.6 is 0 Å². The van der Waals surface area contributed by atoms with Crippen molar-refractivity contribution in [2.45, 2.75) is 38.0 Å². The van der Waals surface area contributed by atoms with Gasteiger partial charge in [0.15, 0.2) is 0 Å². The van der Waals surface area contributed by atoms with Crippen molar-refractivity contribution < 1.29 is 22.7 Å². The molecule has 1 aromatic heterocycles. The minimum absolute atomic E-state index is 0.0108. The maximum absolute atomic E-state index is 13.0. The molecule has 162 valence electrons. The molecule has 2 aromatic carbocycles. The molecule has 1 aliphatic carbocycles. The maximum atomic E-state index is 13.0. The summed E-state index contributed by atoms with van der Waals surface area (Å²) in [6.45, 7) is 0.535. The molecule has 0 bridgehead atoms. The van der Waals surface area contributed by atoms with Crippen LogP contribution in [0, 0.1) is 0 Å². The van der Waals surface area contributed by atoms with Crippen LogP contribution in [0.5, 0.6) is 5.75 Å². The van der Waals surface area contributed by atoms with Gasteiger partial charge in [-0.25, -0.2) is 0 Å². The van der Waals surface area contributed by atoms with Crippen molar-refractivity contribution in [1.82, 2.24) is 15.1 Å². The van der Waals surface area contributed by atoms with Crippen LogP contribution in [-0.2, 0) is 19.1 Å². The highest BCUT2D eigenvalue weighted by molar-refractivity contribution is 5.94. The van der Waals surface area contributed by atoms with Gasteiger partial charge in [0.05, 0.1) is 31.5 Å². The van der Waals surface area contributed by atoms with Gasteiger partial charge in [0.25, 0.3) is 5.91 Å². The lowest BCUT2D eigenvalue weighted by atomic mass is 9.92. The molecule has 1 heterocycles. The average molecular weight is 429 g/mol. The fourth-order valence-corrected chi connectivity index (χ4v) is 3.98. The molecule has 0 fully saturated rings. The number of nitrogens with zero attached hydrogens (tertiary/aromatic N) is 2. The first-order valence-corrected chi connectivity index (χ1v) is 10.0. The topological polar surface area (TPSA) is 56.1 Å². The predicted molar refractivity (Wildman–Crippen MR) is 109 cm³/mol. The third kappa shape index (κ3) is 4.42. The number of hydrogen-bond acceptors (Lipinski definition) is 3. The number of aromatic nitrogens is 2. The van der Waals surface area contributed by atoms with E-state index in [0.717, 1.165) is 47.5 Å². The Hall–Kier alpha value is -3.29. The first-order chi connectivity index (χ1) is 14.9. The number of fused-ring (bicyclic) bond motifs is 1. The third-order valence-electron chi connectivity index (χ3n) is 5.53. The average Bonchev–Trinajstić information content (AvgIpc) is 3.17. The van der Waals surface area contributed by atoms with E-state index < -0.39 is 17.6 Å². The number of halogens is 3. The summed E-state index contributed by atoms with van der Waals surface area (Å²) >= 11 is 0. The highest BCUT2D eigenvalue weighted by Crippen LogP contribution is 2.32. The van der Waals surface area contributed by atoms with Crippen molar-refractivity contribution in [3.63, 3.8) is 0 Å². The van der Waals surface area contributed by atoms with E-state index in [9.17, 15) is 18.0 Å². The summed E-state index contributed by atoms with van der Waals surface area (Å²) < 4.78 is 46.2. The van der Waals surface area contributed by atoms with Gasteiger partial charge in [-0.15, -0.1) is 0 Å². The van der Waals surface area contributed by atoms with Gasteiger partial charge < -0.3 is 10.1 Å². The van der Waals surface area contributed by atoms with Crippen molar-refractivity contribution in [3.8, 4) is 5.75 Å². The van der Waals surface area contributed by atoms with Gasteiger partial charge in [0, 0.05) is 22.4 Å². The number of rotatable bonds is 5. The van der Waals surface area contributed by atoms with Gasteiger partial charge in [-0.3, -0.25) is 9.48 Å². The van der Waals surface area contributed by atoms with E-state index in [-0.39, 0.29) is 11.6 Å². The van der Waals surface area contributed by atoms with Gasteiger partial charge in [0.1, 0.15) is 5.75 Å². The zero-order valence-electron chi connectivity index (χ0n) is 16.9. The van der Waals surface area contributed by atoms with Crippen molar-refractivity contribution in [1.29, 1.82) is 0 Å². The number of carbonyl (C=O) groups is 1. The third-order valence-corrected chi connectivity index (χ3v) is 5.53. The van der Waals surface area contributed by atoms with Crippen LogP contribution in [0.1, 0.15) is 51.6 Å². The van der Waals surface area contributed by atoms with Crippen LogP contribution in [-0.4, -0.2) is 22.8 Å². The summed E-state index contributed by atoms with van der Waals surface area (Å²) in [5.74, 6) is 0.249. The summed E-state index contributed by atoms with van der Waals surface area (Å²) in [4.78, 5) is 12.7. The molecule has 31 heavy (non-hydrogen) atoms. The van der Waals surface area contributed by atoms with Crippen molar-refractivity contribution >= 4 is 5.91 Å². The Morgan fingerprint density at radius 1 is 1.23 bits per heavy atom. The summed E-state index contributed by atoms with van der Waals surface area (Å²) in [6.07, 6.45) is -0.383. The summed E-state index contributed by atoms with van der Waals surface area (Å²) in [5, 5.41) is 7.39. The number of nitrogens with one attached hydrogen (secondary N) is 1. The van der Waals surface area contributed by atoms with E-state index in [1.165, 1.54) is 12.1 Å². The normalized spacial score (nSPS) is 15.9. The fourth-order valence-electron chi connectivity index (χ4n) is 3.98. The Morgan fingerprint density at radius 3 is 2.81 bits per heavy atom. The minimum atomic E-state index is -4.49. The molecule has 3 aromatic rings. The van der Waals surface area contributed by atoms with Crippen LogP contribution in [0.2, 0.25) is 0 Å². The largest absolute Gasteiger partial charge is 0.496 e. The Kier molecular flexibility index (Phi) is 5.71. The van der Waals surface area contributed by atoms with Crippen LogP contribution < -0.4 is 10.1 Å². The second-order valence-corrected chi connectivity index (χ2v) is 7.51. The SMILES string of the molecule is COc1ccccc1Cn1ncc2c1CCC[C@@H]2NC(=O)c1cccc(C(F)(F)F)c1. The smallest absolute Gasteiger partial charge is 0.416 e. The number of carbonyl (C=O) groups excluding carboxylic acids is 1. The molecular weight excluding hydrogens is 407 g/mol. The highest BCUT2D eigenvalue weighted by atomic mass is 19.4. The fraction of sp³-hybridized carbons (Fsp3) is 0.304. The first kappa shape index (κ1) is 21.0. The monoisotopic (exact) mass is 429 g/mol. The van der Waals surface area contributed by atoms with E-state index in [0.29, 0.717) is 13.0 Å². The second-order valence-electron chi connectivity index (χ2n) is 7.51. The molecule has 0 saturated carbocycles. The summed E-state index contributed by atoms with van der Waals surface area (Å²) in [7, 11) is 1.62. The summed E-state index contributed by atoms with van der Waals surface area (Å²) in [5.41, 5.74) is 2.07. The van der Waals surface area contributed by atoms with Gasteiger partial charge in [0.2, 0.25) is 0 Å². The van der Waals surface area contributed by atoms with E-state index in [4.69, 9.17) is 4.74 Å². The van der Waals surface area contributed by atoms with Crippen molar-refractivity contribution in [2.24, 2.45) is 0 Å². The number of benzene rings is 2. The van der Waals surface area contributed by atoms with Gasteiger partial charge >= 0.3 is 6.18 Å². The van der Waals surface area contributed by atoms with Crippen LogP contribution in [0.15, 0.2) is 54.7 Å². The zero-order chi connectivity index (χ0) is 22.0. The number of ether oxygens (including phenoxy) is 1. The molecule has 0 unspecified atom stereocenters. The molecule has 1 atom stereocenters. The standard InChI is InChI=1S/C23H22F3N3O2/c1-31-21-11-3-2-6-16(21)14-29-20-10-5-9-19(18(20)13-27-29)28-22(30)15-7-4-8-17(12-15)23(24,25)26/h2-4,6-8,11-13,19H,5,9-10,14H2,1H3,(H,28,30)/t19-/m0/s1. The maximum Gasteiger partial charge on any atom is 0.416 e. The predicted octanol–water partition coefficient (Wildman–Crippen LogP) is 4.77. The Bertz CT molecular complexity index is 1090. The molecule has 0 aliphatic heterocycles. The molecular formula is C23H22F3N3O2. The quantitative estimate of drug-likeness (QED) is 0.636. The molecule has 0 spiro atoms. The number of methoxy groups -OCH3 is 1. The van der Waals surface area contributed by atoms with Crippen LogP contribution in [0.25, 0.3) is 0 Å². The van der Waals surface area contributed by atoms with E-state index in [2.05, 4.69) is 10.4 Å². The molecule has 0 radical (unpaired) electrons. The summed E-state index contributed by atoms with van der Waals surface area (Å²) in [6, 6.07) is 11.9. The molecule has 1 aliphatic rings. The zero-order valence-corrected chi connectivity index (χ0v) is 16.9. The highest BCUT2D eigenvalue weighted by Gasteiger charge is 2.31. The van der Waals surface area contributed by atoms with Gasteiger partial charge in [-0.1, -0.05) is 24.3 Å².